The summed E-state index contributed by atoms with van der Waals surface area (Å²) < 4.78 is 7.76. The Bertz CT molecular complexity index is 680. The molecule has 1 aromatic heterocycles. The van der Waals surface area contributed by atoms with Crippen LogP contribution >= 0.6 is 0 Å². The van der Waals surface area contributed by atoms with E-state index in [-0.39, 0.29) is 5.92 Å². The van der Waals surface area contributed by atoms with Gasteiger partial charge in [0.1, 0.15) is 5.69 Å². The maximum absolute atomic E-state index is 11.4. The first-order valence-corrected chi connectivity index (χ1v) is 7.52. The van der Waals surface area contributed by atoms with Crippen LogP contribution in [0.1, 0.15) is 24.6 Å². The molecule has 0 aliphatic heterocycles. The number of aliphatic carboxylic acids is 1. The highest BCUT2D eigenvalue weighted by Gasteiger charge is 2.60. The van der Waals surface area contributed by atoms with E-state index in [9.17, 15) is 9.90 Å². The van der Waals surface area contributed by atoms with E-state index in [4.69, 9.17) is 4.74 Å². The lowest BCUT2D eigenvalue weighted by atomic mass is 9.94. The number of rotatable bonds is 6. The maximum Gasteiger partial charge on any atom is 0.307 e. The van der Waals surface area contributed by atoms with Gasteiger partial charge in [0.2, 0.25) is 0 Å². The number of hydrogen-bond donors (Lipinski definition) is 1. The van der Waals surface area contributed by atoms with E-state index in [1.54, 1.807) is 0 Å². The highest BCUT2D eigenvalue weighted by Crippen LogP contribution is 2.54. The topological polar surface area (TPSA) is 64.3 Å². The Morgan fingerprint density at radius 2 is 2.18 bits per heavy atom. The van der Waals surface area contributed by atoms with E-state index in [1.807, 2.05) is 55.1 Å². The van der Waals surface area contributed by atoms with E-state index in [2.05, 4.69) is 5.10 Å². The Morgan fingerprint density at radius 1 is 1.45 bits per heavy atom. The molecule has 1 saturated carbocycles. The van der Waals surface area contributed by atoms with Gasteiger partial charge in [0, 0.05) is 12.0 Å². The van der Waals surface area contributed by atoms with Gasteiger partial charge < -0.3 is 9.84 Å². The zero-order valence-electron chi connectivity index (χ0n) is 12.8. The number of carboxylic acid groups (broad SMARTS) is 1. The summed E-state index contributed by atoms with van der Waals surface area (Å²) in [6, 6.07) is 9.78. The van der Waals surface area contributed by atoms with Crippen molar-refractivity contribution >= 4 is 5.97 Å². The lowest BCUT2D eigenvalue weighted by Crippen LogP contribution is -2.23. The molecule has 5 nitrogen and oxygen atoms in total. The van der Waals surface area contributed by atoms with Gasteiger partial charge in [-0.05, 0) is 25.8 Å². The second kappa shape index (κ2) is 5.48. The maximum atomic E-state index is 11.4. The molecule has 0 saturated heterocycles. The number of aryl methyl sites for hydroxylation is 2. The minimum Gasteiger partial charge on any atom is -0.489 e. The first kappa shape index (κ1) is 14.6. The zero-order valence-corrected chi connectivity index (χ0v) is 12.8. The van der Waals surface area contributed by atoms with Gasteiger partial charge in [-0.2, -0.15) is 5.10 Å². The molecule has 2 aromatic rings. The van der Waals surface area contributed by atoms with Crippen LogP contribution in [0.15, 0.2) is 36.5 Å². The smallest absolute Gasteiger partial charge is 0.307 e. The molecule has 3 rings (SSSR count). The number of carbonyl (C=O) groups is 1. The molecule has 22 heavy (non-hydrogen) atoms. The van der Waals surface area contributed by atoms with Crippen LogP contribution in [-0.2, 0) is 16.8 Å². The first-order valence-electron chi connectivity index (χ1n) is 7.52. The van der Waals surface area contributed by atoms with Gasteiger partial charge in [0.25, 0.3) is 0 Å². The molecule has 1 aliphatic carbocycles. The SMILES string of the molecule is CCn1cc(OCC2(c3ccccc3)CC2C(=O)O)c(C)n1. The Kier molecular flexibility index (Phi) is 3.64. The van der Waals surface area contributed by atoms with Gasteiger partial charge in [0.05, 0.1) is 18.7 Å². The van der Waals surface area contributed by atoms with Gasteiger partial charge >= 0.3 is 5.97 Å². The fourth-order valence-corrected chi connectivity index (χ4v) is 2.97. The van der Waals surface area contributed by atoms with Crippen LogP contribution in [0.25, 0.3) is 0 Å². The monoisotopic (exact) mass is 300 g/mol. The molecule has 1 aliphatic rings. The predicted octanol–water partition coefficient (Wildman–Crippen LogP) is 2.63. The molecule has 1 N–H and O–H groups in total. The fraction of sp³-hybridized carbons (Fsp3) is 0.412. The Balaban J connectivity index is 1.81. The molecule has 0 radical (unpaired) electrons. The van der Waals surface area contributed by atoms with E-state index < -0.39 is 11.4 Å². The van der Waals surface area contributed by atoms with Gasteiger partial charge in [-0.3, -0.25) is 9.48 Å². The van der Waals surface area contributed by atoms with Gasteiger partial charge in [-0.1, -0.05) is 30.3 Å². The standard InChI is InChI=1S/C17H20N2O3/c1-3-19-10-15(12(2)18-19)22-11-17(9-14(17)16(20)21)13-7-5-4-6-8-13/h4-8,10,14H,3,9,11H2,1-2H3,(H,20,21). The van der Waals surface area contributed by atoms with Gasteiger partial charge in [-0.15, -0.1) is 0 Å². The highest BCUT2D eigenvalue weighted by molar-refractivity contribution is 5.77. The lowest BCUT2D eigenvalue weighted by Gasteiger charge is -2.17. The van der Waals surface area contributed by atoms with Crippen molar-refractivity contribution in [1.29, 1.82) is 0 Å². The summed E-state index contributed by atoms with van der Waals surface area (Å²) in [5, 5.41) is 13.7. The van der Waals surface area contributed by atoms with Crippen molar-refractivity contribution in [2.45, 2.75) is 32.2 Å². The first-order chi connectivity index (χ1) is 10.6. The van der Waals surface area contributed by atoms with Gasteiger partial charge in [0.15, 0.2) is 5.75 Å². The molecule has 116 valence electrons. The molecule has 1 fully saturated rings. The van der Waals surface area contributed by atoms with Crippen molar-refractivity contribution in [2.75, 3.05) is 6.61 Å². The summed E-state index contributed by atoms with van der Waals surface area (Å²) in [4.78, 5) is 11.4. The summed E-state index contributed by atoms with van der Waals surface area (Å²) >= 11 is 0. The molecule has 2 atom stereocenters. The number of aromatic nitrogens is 2. The number of nitrogens with zero attached hydrogens (tertiary/aromatic N) is 2. The van der Waals surface area contributed by atoms with Crippen molar-refractivity contribution in [1.82, 2.24) is 9.78 Å². The minimum atomic E-state index is -0.756. The summed E-state index contributed by atoms with van der Waals surface area (Å²) in [6.45, 7) is 5.07. The Labute approximate surface area is 129 Å². The number of carboxylic acids is 1. The summed E-state index contributed by atoms with van der Waals surface area (Å²) in [5.41, 5.74) is 1.44. The van der Waals surface area contributed by atoms with Crippen molar-refractivity contribution in [3.63, 3.8) is 0 Å². The van der Waals surface area contributed by atoms with Gasteiger partial charge in [-0.25, -0.2) is 0 Å². The molecule has 5 heteroatoms. The molecule has 2 unspecified atom stereocenters. The third-order valence-electron chi connectivity index (χ3n) is 4.43. The molecular weight excluding hydrogens is 280 g/mol. The number of ether oxygens (including phenoxy) is 1. The lowest BCUT2D eigenvalue weighted by molar-refractivity contribution is -0.139. The van der Waals surface area contributed by atoms with Crippen LogP contribution in [0, 0.1) is 12.8 Å². The summed E-state index contributed by atoms with van der Waals surface area (Å²) in [7, 11) is 0. The highest BCUT2D eigenvalue weighted by atomic mass is 16.5. The molecule has 1 heterocycles. The molecule has 0 spiro atoms. The summed E-state index contributed by atoms with van der Waals surface area (Å²) in [6.07, 6.45) is 2.49. The Hall–Kier alpha value is -2.30. The Morgan fingerprint density at radius 3 is 2.73 bits per heavy atom. The molecule has 0 amide bonds. The van der Waals surface area contributed by atoms with E-state index in [1.165, 1.54) is 0 Å². The third kappa shape index (κ3) is 2.47. The quantitative estimate of drug-likeness (QED) is 0.890. The van der Waals surface area contributed by atoms with Crippen LogP contribution in [0.3, 0.4) is 0 Å². The average Bonchev–Trinajstić information content (AvgIpc) is 3.17. The van der Waals surface area contributed by atoms with Crippen molar-refractivity contribution in [3.05, 3.63) is 47.8 Å². The number of hydrogen-bond acceptors (Lipinski definition) is 3. The third-order valence-corrected chi connectivity index (χ3v) is 4.43. The van der Waals surface area contributed by atoms with E-state index in [0.29, 0.717) is 13.0 Å². The summed E-state index contributed by atoms with van der Waals surface area (Å²) in [5.74, 6) is -0.405. The fourth-order valence-electron chi connectivity index (χ4n) is 2.97. The molecule has 1 aromatic carbocycles. The second-order valence-corrected chi connectivity index (χ2v) is 5.84. The van der Waals surface area contributed by atoms with Crippen molar-refractivity contribution < 1.29 is 14.6 Å². The van der Waals surface area contributed by atoms with Crippen LogP contribution in [0.2, 0.25) is 0 Å². The average molecular weight is 300 g/mol. The van der Waals surface area contributed by atoms with E-state index in [0.717, 1.165) is 23.6 Å². The van der Waals surface area contributed by atoms with Crippen LogP contribution in [0.5, 0.6) is 5.75 Å². The molecular formula is C17H20N2O3. The van der Waals surface area contributed by atoms with E-state index >= 15 is 0 Å². The largest absolute Gasteiger partial charge is 0.489 e. The van der Waals surface area contributed by atoms with Crippen LogP contribution in [-0.4, -0.2) is 27.5 Å². The van der Waals surface area contributed by atoms with Crippen molar-refractivity contribution in [3.8, 4) is 5.75 Å². The molecule has 0 bridgehead atoms. The number of benzene rings is 1. The normalized spacial score (nSPS) is 23.3. The van der Waals surface area contributed by atoms with Crippen molar-refractivity contribution in [2.24, 2.45) is 5.92 Å². The van der Waals surface area contributed by atoms with Crippen LogP contribution < -0.4 is 4.74 Å². The van der Waals surface area contributed by atoms with Crippen LogP contribution in [0.4, 0.5) is 0 Å². The second-order valence-electron chi connectivity index (χ2n) is 5.84. The minimum absolute atomic E-state index is 0.365. The predicted molar refractivity (Wildman–Crippen MR) is 82.0 cm³/mol. The zero-order chi connectivity index (χ0) is 15.7.